The van der Waals surface area contributed by atoms with Crippen LogP contribution in [0.1, 0.15) is 34.0 Å². The predicted molar refractivity (Wildman–Crippen MR) is 87.4 cm³/mol. The molecule has 0 aromatic heterocycles. The Morgan fingerprint density at radius 1 is 1.21 bits per heavy atom. The van der Waals surface area contributed by atoms with Crippen LogP contribution < -0.4 is 4.74 Å². The van der Waals surface area contributed by atoms with E-state index < -0.39 is 0 Å². The standard InChI is InChI=1S/C18H17NO5/c1-22-18(21)12-5-3-11(4-6-12)16-10-15(19-23-2)14-8-7-13(20)9-17(14)24-16/h3-9,16,20H,10H2,1-2H3/t16-/m1/s1. The van der Waals surface area contributed by atoms with Gasteiger partial charge >= 0.3 is 5.97 Å². The Balaban J connectivity index is 1.92. The number of phenols is 1. The van der Waals surface area contributed by atoms with Crippen LogP contribution >= 0.6 is 0 Å². The molecule has 1 heterocycles. The Morgan fingerprint density at radius 3 is 2.62 bits per heavy atom. The molecule has 1 aliphatic heterocycles. The number of aromatic hydroxyl groups is 1. The van der Waals surface area contributed by atoms with Crippen LogP contribution in [-0.2, 0) is 9.57 Å². The van der Waals surface area contributed by atoms with Crippen molar-refractivity contribution in [2.45, 2.75) is 12.5 Å². The van der Waals surface area contributed by atoms with Gasteiger partial charge in [-0.1, -0.05) is 17.3 Å². The molecule has 3 rings (SSSR count). The van der Waals surface area contributed by atoms with Crippen LogP contribution in [0.3, 0.4) is 0 Å². The summed E-state index contributed by atoms with van der Waals surface area (Å²) in [5, 5.41) is 13.8. The van der Waals surface area contributed by atoms with Crippen molar-refractivity contribution in [1.29, 1.82) is 0 Å². The molecule has 1 aliphatic rings. The molecule has 0 unspecified atom stereocenters. The highest BCUT2D eigenvalue weighted by atomic mass is 16.6. The average molecular weight is 327 g/mol. The number of oxime groups is 1. The fourth-order valence-electron chi connectivity index (χ4n) is 2.66. The minimum Gasteiger partial charge on any atom is -0.508 e. The molecule has 0 saturated carbocycles. The zero-order valence-electron chi connectivity index (χ0n) is 13.4. The topological polar surface area (TPSA) is 77.4 Å². The molecule has 124 valence electrons. The fraction of sp³-hybridized carbons (Fsp3) is 0.222. The van der Waals surface area contributed by atoms with Crippen LogP contribution in [0.25, 0.3) is 0 Å². The molecule has 0 bridgehead atoms. The summed E-state index contributed by atoms with van der Waals surface area (Å²) in [6.07, 6.45) is 0.225. The lowest BCUT2D eigenvalue weighted by molar-refractivity contribution is 0.0600. The molecule has 1 atom stereocenters. The Kier molecular flexibility index (Phi) is 4.37. The molecule has 24 heavy (non-hydrogen) atoms. The number of benzene rings is 2. The Morgan fingerprint density at radius 2 is 1.96 bits per heavy atom. The van der Waals surface area contributed by atoms with Gasteiger partial charge in [0.05, 0.1) is 18.4 Å². The lowest BCUT2D eigenvalue weighted by Crippen LogP contribution is -2.21. The van der Waals surface area contributed by atoms with Crippen molar-refractivity contribution < 1.29 is 24.2 Å². The first-order valence-corrected chi connectivity index (χ1v) is 7.40. The molecule has 0 aliphatic carbocycles. The third-order valence-electron chi connectivity index (χ3n) is 3.83. The molecule has 6 heteroatoms. The van der Waals surface area contributed by atoms with Crippen LogP contribution in [-0.4, -0.2) is 31.0 Å². The molecular formula is C18H17NO5. The van der Waals surface area contributed by atoms with Gasteiger partial charge in [-0.15, -0.1) is 0 Å². The summed E-state index contributed by atoms with van der Waals surface area (Å²) in [5.74, 6) is 0.273. The maximum atomic E-state index is 11.5. The zero-order valence-corrected chi connectivity index (χ0v) is 13.4. The van der Waals surface area contributed by atoms with E-state index >= 15 is 0 Å². The van der Waals surface area contributed by atoms with Crippen LogP contribution in [0.4, 0.5) is 0 Å². The van der Waals surface area contributed by atoms with Gasteiger partial charge in [-0.05, 0) is 29.8 Å². The summed E-state index contributed by atoms with van der Waals surface area (Å²) < 4.78 is 10.7. The number of hydrogen-bond acceptors (Lipinski definition) is 6. The zero-order chi connectivity index (χ0) is 17.1. The van der Waals surface area contributed by atoms with Gasteiger partial charge in [0.1, 0.15) is 24.7 Å². The minimum absolute atomic E-state index is 0.118. The van der Waals surface area contributed by atoms with E-state index in [1.54, 1.807) is 30.3 Å². The normalized spacial score (nSPS) is 17.8. The molecule has 0 saturated heterocycles. The second-order valence-electron chi connectivity index (χ2n) is 5.33. The number of fused-ring (bicyclic) bond motifs is 1. The Labute approximate surface area is 139 Å². The van der Waals surface area contributed by atoms with E-state index in [2.05, 4.69) is 5.16 Å². The predicted octanol–water partition coefficient (Wildman–Crippen LogP) is 3.05. The third-order valence-corrected chi connectivity index (χ3v) is 3.83. The largest absolute Gasteiger partial charge is 0.508 e. The molecule has 0 radical (unpaired) electrons. The van der Waals surface area contributed by atoms with E-state index in [0.29, 0.717) is 17.7 Å². The summed E-state index contributed by atoms with van der Waals surface area (Å²) in [6.45, 7) is 0. The van der Waals surface area contributed by atoms with Gasteiger partial charge in [-0.25, -0.2) is 4.79 Å². The van der Waals surface area contributed by atoms with E-state index in [9.17, 15) is 9.90 Å². The van der Waals surface area contributed by atoms with Crippen molar-refractivity contribution in [3.8, 4) is 11.5 Å². The summed E-state index contributed by atoms with van der Waals surface area (Å²) in [7, 11) is 2.83. The summed E-state index contributed by atoms with van der Waals surface area (Å²) in [4.78, 5) is 16.4. The van der Waals surface area contributed by atoms with Crippen LogP contribution in [0.5, 0.6) is 11.5 Å². The van der Waals surface area contributed by atoms with Gasteiger partial charge < -0.3 is 19.4 Å². The number of nitrogens with zero attached hydrogens (tertiary/aromatic N) is 1. The monoisotopic (exact) mass is 327 g/mol. The highest BCUT2D eigenvalue weighted by molar-refractivity contribution is 6.04. The molecule has 6 nitrogen and oxygen atoms in total. The number of rotatable bonds is 3. The highest BCUT2D eigenvalue weighted by Gasteiger charge is 2.27. The van der Waals surface area contributed by atoms with Gasteiger partial charge in [0.15, 0.2) is 0 Å². The van der Waals surface area contributed by atoms with Crippen molar-refractivity contribution in [1.82, 2.24) is 0 Å². The molecule has 0 fully saturated rings. The molecule has 2 aromatic rings. The number of methoxy groups -OCH3 is 1. The minimum atomic E-state index is -0.386. The van der Waals surface area contributed by atoms with Crippen LogP contribution in [0.15, 0.2) is 47.6 Å². The first kappa shape index (κ1) is 15.9. The van der Waals surface area contributed by atoms with Gasteiger partial charge in [0, 0.05) is 18.1 Å². The highest BCUT2D eigenvalue weighted by Crippen LogP contribution is 2.37. The van der Waals surface area contributed by atoms with Crippen molar-refractivity contribution in [2.24, 2.45) is 5.16 Å². The van der Waals surface area contributed by atoms with Gasteiger partial charge in [0.2, 0.25) is 0 Å². The number of carbonyl (C=O) groups excluding carboxylic acids is 1. The summed E-state index contributed by atoms with van der Waals surface area (Å²) in [5.41, 5.74) is 2.89. The van der Waals surface area contributed by atoms with Crippen molar-refractivity contribution in [3.63, 3.8) is 0 Å². The number of carbonyl (C=O) groups is 1. The van der Waals surface area contributed by atoms with E-state index in [4.69, 9.17) is 14.3 Å². The number of esters is 1. The van der Waals surface area contributed by atoms with Crippen LogP contribution in [0, 0.1) is 0 Å². The van der Waals surface area contributed by atoms with Crippen molar-refractivity contribution >= 4 is 11.7 Å². The SMILES string of the molecule is CON=C1C[C@H](c2ccc(C(=O)OC)cc2)Oc2cc(O)ccc21. The first-order valence-electron chi connectivity index (χ1n) is 7.40. The number of phenolic OH excluding ortho intramolecular Hbond substituents is 1. The lowest BCUT2D eigenvalue weighted by atomic mass is 9.95. The number of ether oxygens (including phenoxy) is 2. The van der Waals surface area contributed by atoms with Crippen LogP contribution in [0.2, 0.25) is 0 Å². The maximum absolute atomic E-state index is 11.5. The molecule has 0 amide bonds. The van der Waals surface area contributed by atoms with E-state index in [1.165, 1.54) is 14.2 Å². The lowest BCUT2D eigenvalue weighted by Gasteiger charge is -2.27. The number of hydrogen-bond donors (Lipinski definition) is 1. The quantitative estimate of drug-likeness (QED) is 0.692. The van der Waals surface area contributed by atoms with Gasteiger partial charge in [-0.3, -0.25) is 0 Å². The molecule has 2 aromatic carbocycles. The Bertz CT molecular complexity index is 782. The average Bonchev–Trinajstić information content (AvgIpc) is 2.61. The molecule has 1 N–H and O–H groups in total. The maximum Gasteiger partial charge on any atom is 0.337 e. The first-order chi connectivity index (χ1) is 11.6. The van der Waals surface area contributed by atoms with E-state index in [-0.39, 0.29) is 17.8 Å². The van der Waals surface area contributed by atoms with Gasteiger partial charge in [0.25, 0.3) is 0 Å². The fourth-order valence-corrected chi connectivity index (χ4v) is 2.66. The molecular weight excluding hydrogens is 310 g/mol. The summed E-state index contributed by atoms with van der Waals surface area (Å²) >= 11 is 0. The Hall–Kier alpha value is -3.02. The smallest absolute Gasteiger partial charge is 0.337 e. The second kappa shape index (κ2) is 6.62. The second-order valence-corrected chi connectivity index (χ2v) is 5.33. The van der Waals surface area contributed by atoms with Crippen molar-refractivity contribution in [3.05, 3.63) is 59.2 Å². The summed E-state index contributed by atoms with van der Waals surface area (Å²) in [6, 6.07) is 11.9. The van der Waals surface area contributed by atoms with Crippen molar-refractivity contribution in [2.75, 3.05) is 14.2 Å². The third kappa shape index (κ3) is 3.03. The molecule has 0 spiro atoms. The van der Waals surface area contributed by atoms with E-state index in [1.807, 2.05) is 12.1 Å². The van der Waals surface area contributed by atoms with Gasteiger partial charge in [-0.2, -0.15) is 0 Å². The van der Waals surface area contributed by atoms with E-state index in [0.717, 1.165) is 16.8 Å².